The lowest BCUT2D eigenvalue weighted by molar-refractivity contribution is -0.137. The molecule has 5 rings (SSSR count). The van der Waals surface area contributed by atoms with Crippen LogP contribution >= 0.6 is 0 Å². The minimum Gasteiger partial charge on any atom is -0.508 e. The van der Waals surface area contributed by atoms with Crippen molar-refractivity contribution in [1.29, 1.82) is 0 Å². The quantitative estimate of drug-likeness (QED) is 0.190. The first-order valence-corrected chi connectivity index (χ1v) is 14.0. The van der Waals surface area contributed by atoms with Gasteiger partial charge < -0.3 is 20.8 Å². The molecule has 42 heavy (non-hydrogen) atoms. The molecule has 0 heterocycles. The molecule has 1 aliphatic carbocycles. The van der Waals surface area contributed by atoms with Crippen molar-refractivity contribution in [2.75, 3.05) is 5.32 Å². The summed E-state index contributed by atoms with van der Waals surface area (Å²) in [5, 5.41) is 24.8. The van der Waals surface area contributed by atoms with Gasteiger partial charge in [0, 0.05) is 31.4 Å². The Kier molecular flexibility index (Phi) is 8.11. The number of rotatable bonds is 9. The van der Waals surface area contributed by atoms with Gasteiger partial charge >= 0.3 is 5.97 Å². The molecule has 1 aliphatic rings. The summed E-state index contributed by atoms with van der Waals surface area (Å²) in [5.74, 6) is -1.57. The molecular weight excluding hydrogens is 528 g/mol. The Morgan fingerprint density at radius 3 is 2.17 bits per heavy atom. The maximum absolute atomic E-state index is 13.3. The predicted octanol–water partition coefficient (Wildman–Crippen LogP) is 6.34. The van der Waals surface area contributed by atoms with Crippen molar-refractivity contribution >= 4 is 23.5 Å². The van der Waals surface area contributed by atoms with Crippen LogP contribution in [0.25, 0.3) is 22.3 Å². The molecule has 1 unspecified atom stereocenters. The summed E-state index contributed by atoms with van der Waals surface area (Å²) in [4.78, 5) is 36.8. The molecule has 4 aromatic rings. The maximum Gasteiger partial charge on any atom is 0.303 e. The van der Waals surface area contributed by atoms with E-state index in [0.717, 1.165) is 38.9 Å². The summed E-state index contributed by atoms with van der Waals surface area (Å²) in [5.41, 5.74) is 10.1. The molecule has 7 heteroatoms. The summed E-state index contributed by atoms with van der Waals surface area (Å²) < 4.78 is 0. The van der Waals surface area contributed by atoms with E-state index in [1.807, 2.05) is 18.2 Å². The number of hydrogen-bond donors (Lipinski definition) is 4. The van der Waals surface area contributed by atoms with Crippen LogP contribution in [0.5, 0.6) is 5.75 Å². The lowest BCUT2D eigenvalue weighted by Crippen LogP contribution is -2.44. The molecule has 0 spiro atoms. The molecular formula is C35H34N2O5. The number of anilines is 1. The molecule has 0 radical (unpaired) electrons. The van der Waals surface area contributed by atoms with Crippen molar-refractivity contribution < 1.29 is 24.6 Å². The van der Waals surface area contributed by atoms with E-state index in [0.29, 0.717) is 12.1 Å². The van der Waals surface area contributed by atoms with Gasteiger partial charge in [0.05, 0.1) is 0 Å². The number of aliphatic carboxylic acids is 1. The number of hydrogen-bond acceptors (Lipinski definition) is 4. The van der Waals surface area contributed by atoms with Gasteiger partial charge in [-0.25, -0.2) is 0 Å². The van der Waals surface area contributed by atoms with Crippen molar-refractivity contribution in [1.82, 2.24) is 5.32 Å². The summed E-state index contributed by atoms with van der Waals surface area (Å²) >= 11 is 0. The second-order valence-corrected chi connectivity index (χ2v) is 11.0. The number of phenols is 1. The predicted molar refractivity (Wildman–Crippen MR) is 164 cm³/mol. The molecule has 4 aromatic carbocycles. The van der Waals surface area contributed by atoms with Gasteiger partial charge in [-0.15, -0.1) is 0 Å². The fourth-order valence-electron chi connectivity index (χ4n) is 5.87. The zero-order valence-corrected chi connectivity index (χ0v) is 23.9. The highest BCUT2D eigenvalue weighted by molar-refractivity contribution is 5.98. The highest BCUT2D eigenvalue weighted by Crippen LogP contribution is 2.49. The summed E-state index contributed by atoms with van der Waals surface area (Å²) in [6, 6.07) is 24.2. The number of nitrogens with one attached hydrogen (secondary N) is 2. The third-order valence-corrected chi connectivity index (χ3v) is 7.82. The number of benzene rings is 4. The van der Waals surface area contributed by atoms with Gasteiger partial charge in [0.25, 0.3) is 0 Å². The topological polar surface area (TPSA) is 116 Å². The smallest absolute Gasteiger partial charge is 0.303 e. The Bertz CT molecular complexity index is 1680. The van der Waals surface area contributed by atoms with Gasteiger partial charge in [-0.1, -0.05) is 54.1 Å². The standard InChI is InChI=1S/C35H34N2O5/c1-20-4-11-27(21(2)16-20)24-7-12-28-29-13-8-25(19-32(29)30(31(28)18-24)14-15-34(40)41)37-35(42)33(36-22(3)38)17-23-5-9-26(39)10-6-23/h4-13,16,18-19,30,33,39H,14-15,17H2,1-3H3,(H,36,38)(H,37,42)(H,40,41)/t30?,33-/m0/s1. The molecule has 7 nitrogen and oxygen atoms in total. The third kappa shape index (κ3) is 6.20. The number of aromatic hydroxyl groups is 1. The number of fused-ring (bicyclic) bond motifs is 3. The van der Waals surface area contributed by atoms with Crippen molar-refractivity contribution in [2.45, 2.75) is 52.0 Å². The molecule has 0 saturated carbocycles. The van der Waals surface area contributed by atoms with E-state index < -0.39 is 12.0 Å². The number of carbonyl (C=O) groups is 3. The van der Waals surface area contributed by atoms with Crippen LogP contribution in [0.1, 0.15) is 53.5 Å². The number of amides is 2. The van der Waals surface area contributed by atoms with Crippen LogP contribution in [-0.4, -0.2) is 34.0 Å². The Balaban J connectivity index is 1.45. The van der Waals surface area contributed by atoms with Crippen molar-refractivity contribution in [2.24, 2.45) is 0 Å². The number of phenolic OH excluding ortho intramolecular Hbond substituents is 1. The zero-order valence-electron chi connectivity index (χ0n) is 23.9. The summed E-state index contributed by atoms with van der Waals surface area (Å²) in [6.07, 6.45) is 0.702. The van der Waals surface area contributed by atoms with E-state index >= 15 is 0 Å². The molecule has 2 amide bonds. The van der Waals surface area contributed by atoms with E-state index in [9.17, 15) is 24.6 Å². The second-order valence-electron chi connectivity index (χ2n) is 11.0. The molecule has 4 N–H and O–H groups in total. The monoisotopic (exact) mass is 562 g/mol. The average molecular weight is 563 g/mol. The lowest BCUT2D eigenvalue weighted by Gasteiger charge is -2.19. The van der Waals surface area contributed by atoms with Crippen LogP contribution in [0, 0.1) is 13.8 Å². The zero-order chi connectivity index (χ0) is 30.0. The molecule has 0 fully saturated rings. The number of carboxylic acids is 1. The summed E-state index contributed by atoms with van der Waals surface area (Å²) in [7, 11) is 0. The fourth-order valence-corrected chi connectivity index (χ4v) is 5.87. The fraction of sp³-hybridized carbons (Fsp3) is 0.229. The van der Waals surface area contributed by atoms with Crippen LogP contribution in [-0.2, 0) is 20.8 Å². The Morgan fingerprint density at radius 2 is 1.50 bits per heavy atom. The van der Waals surface area contributed by atoms with Gasteiger partial charge in [-0.05, 0) is 95.1 Å². The van der Waals surface area contributed by atoms with Crippen LogP contribution in [0.15, 0.2) is 78.9 Å². The number of carboxylic acid groups (broad SMARTS) is 1. The normalized spacial score (nSPS) is 14.0. The van der Waals surface area contributed by atoms with Crippen LogP contribution in [0.2, 0.25) is 0 Å². The molecule has 214 valence electrons. The Morgan fingerprint density at radius 1 is 0.833 bits per heavy atom. The Labute approximate surface area is 245 Å². The summed E-state index contributed by atoms with van der Waals surface area (Å²) in [6.45, 7) is 5.53. The minimum atomic E-state index is -0.854. The van der Waals surface area contributed by atoms with Gasteiger partial charge in [-0.2, -0.15) is 0 Å². The SMILES string of the molecule is CC(=O)N[C@@H](Cc1ccc(O)cc1)C(=O)Nc1ccc2c(c1)C(CCC(=O)O)c1cc(-c3ccc(C)cc3C)ccc1-2. The third-order valence-electron chi connectivity index (χ3n) is 7.82. The van der Waals surface area contributed by atoms with Crippen LogP contribution in [0.4, 0.5) is 5.69 Å². The maximum atomic E-state index is 13.3. The average Bonchev–Trinajstić information content (AvgIpc) is 3.24. The van der Waals surface area contributed by atoms with Gasteiger partial charge in [0.1, 0.15) is 11.8 Å². The highest BCUT2D eigenvalue weighted by atomic mass is 16.4. The van der Waals surface area contributed by atoms with Gasteiger partial charge in [-0.3, -0.25) is 14.4 Å². The molecule has 0 bridgehead atoms. The highest BCUT2D eigenvalue weighted by Gasteiger charge is 2.30. The molecule has 2 atom stereocenters. The first-order chi connectivity index (χ1) is 20.1. The van der Waals surface area contributed by atoms with Crippen LogP contribution in [0.3, 0.4) is 0 Å². The number of aryl methyl sites for hydroxylation is 2. The first kappa shape index (κ1) is 28.6. The number of carbonyl (C=O) groups excluding carboxylic acids is 2. The van der Waals surface area contributed by atoms with E-state index in [1.165, 1.54) is 18.1 Å². The van der Waals surface area contributed by atoms with E-state index in [4.69, 9.17) is 0 Å². The van der Waals surface area contributed by atoms with E-state index in [2.05, 4.69) is 60.9 Å². The molecule has 0 aromatic heterocycles. The van der Waals surface area contributed by atoms with Crippen LogP contribution < -0.4 is 10.6 Å². The second kappa shape index (κ2) is 11.9. The largest absolute Gasteiger partial charge is 0.508 e. The van der Waals surface area contributed by atoms with E-state index in [1.54, 1.807) is 24.3 Å². The molecule has 0 saturated heterocycles. The van der Waals surface area contributed by atoms with Crippen molar-refractivity contribution in [3.8, 4) is 28.0 Å². The Hall–Kier alpha value is -4.91. The van der Waals surface area contributed by atoms with Gasteiger partial charge in [0.15, 0.2) is 0 Å². The van der Waals surface area contributed by atoms with Gasteiger partial charge in [0.2, 0.25) is 11.8 Å². The minimum absolute atomic E-state index is 0.0190. The molecule has 0 aliphatic heterocycles. The van der Waals surface area contributed by atoms with E-state index in [-0.39, 0.29) is 36.3 Å². The lowest BCUT2D eigenvalue weighted by atomic mass is 9.89. The van der Waals surface area contributed by atoms with Crippen molar-refractivity contribution in [3.05, 3.63) is 107 Å². The van der Waals surface area contributed by atoms with Crippen molar-refractivity contribution in [3.63, 3.8) is 0 Å². The first-order valence-electron chi connectivity index (χ1n) is 14.0.